The first-order valence-corrected chi connectivity index (χ1v) is 4.99. The lowest BCUT2D eigenvalue weighted by molar-refractivity contribution is -0.297. The van der Waals surface area contributed by atoms with Crippen molar-refractivity contribution in [3.05, 3.63) is 24.0 Å². The molecular formula is C11H23N3O. The Bertz CT molecular complexity index is 241. The van der Waals surface area contributed by atoms with Crippen LogP contribution in [0.4, 0.5) is 0 Å². The molecule has 0 aliphatic heterocycles. The summed E-state index contributed by atoms with van der Waals surface area (Å²) in [5.41, 5.74) is 6.11. The van der Waals surface area contributed by atoms with E-state index in [1.54, 1.807) is 11.2 Å². The van der Waals surface area contributed by atoms with Crippen molar-refractivity contribution in [2.45, 2.75) is 33.3 Å². The molecule has 2 N–H and O–H groups in total. The van der Waals surface area contributed by atoms with Crippen molar-refractivity contribution < 1.29 is 4.84 Å². The van der Waals surface area contributed by atoms with Crippen LogP contribution in [0.1, 0.15) is 27.7 Å². The lowest BCUT2D eigenvalue weighted by Crippen LogP contribution is -2.40. The van der Waals surface area contributed by atoms with Crippen molar-refractivity contribution >= 4 is 0 Å². The zero-order valence-electron chi connectivity index (χ0n) is 10.6. The molecule has 0 aliphatic carbocycles. The lowest BCUT2D eigenvalue weighted by atomic mass is 10.2. The summed E-state index contributed by atoms with van der Waals surface area (Å²) in [6.45, 7) is 8.02. The Morgan fingerprint density at radius 3 is 2.20 bits per heavy atom. The fourth-order valence-electron chi connectivity index (χ4n) is 0.982. The molecule has 0 aromatic heterocycles. The largest absolute Gasteiger partial charge is 0.405 e. The van der Waals surface area contributed by atoms with E-state index in [0.717, 1.165) is 5.70 Å². The van der Waals surface area contributed by atoms with Crippen molar-refractivity contribution in [1.82, 2.24) is 10.2 Å². The van der Waals surface area contributed by atoms with Crippen LogP contribution in [0.3, 0.4) is 0 Å². The fourth-order valence-corrected chi connectivity index (χ4v) is 0.982. The summed E-state index contributed by atoms with van der Waals surface area (Å²) in [5.74, 6) is 0. The highest BCUT2D eigenvalue weighted by atomic mass is 16.7. The topological polar surface area (TPSA) is 41.7 Å². The molecule has 0 rings (SSSR count). The van der Waals surface area contributed by atoms with E-state index in [4.69, 9.17) is 10.6 Å². The molecule has 0 fully saturated rings. The van der Waals surface area contributed by atoms with Crippen LogP contribution in [0.2, 0.25) is 0 Å². The first-order chi connectivity index (χ1) is 6.78. The van der Waals surface area contributed by atoms with E-state index in [1.165, 1.54) is 6.20 Å². The van der Waals surface area contributed by atoms with Crippen LogP contribution in [0.25, 0.3) is 0 Å². The van der Waals surface area contributed by atoms with E-state index in [0.29, 0.717) is 0 Å². The van der Waals surface area contributed by atoms with Gasteiger partial charge in [0.25, 0.3) is 0 Å². The summed E-state index contributed by atoms with van der Waals surface area (Å²) in [4.78, 5) is 5.66. The maximum absolute atomic E-state index is 5.66. The molecule has 4 heteroatoms. The van der Waals surface area contributed by atoms with E-state index in [1.807, 2.05) is 52.9 Å². The Balaban J connectivity index is 4.37. The number of nitrogens with two attached hydrogens (primary N) is 1. The first kappa shape index (κ1) is 14.0. The highest BCUT2D eigenvalue weighted by Crippen LogP contribution is 2.12. The van der Waals surface area contributed by atoms with Crippen molar-refractivity contribution in [3.63, 3.8) is 0 Å². The fraction of sp³-hybridized carbons (Fsp3) is 0.636. The Kier molecular flexibility index (Phi) is 5.39. The van der Waals surface area contributed by atoms with Crippen LogP contribution in [-0.2, 0) is 4.84 Å². The molecular weight excluding hydrogens is 190 g/mol. The Morgan fingerprint density at radius 1 is 1.27 bits per heavy atom. The quantitative estimate of drug-likeness (QED) is 0.572. The number of hydrogen-bond donors (Lipinski definition) is 1. The molecule has 0 saturated carbocycles. The van der Waals surface area contributed by atoms with Gasteiger partial charge in [-0.15, -0.1) is 5.17 Å². The van der Waals surface area contributed by atoms with Gasteiger partial charge in [-0.25, -0.2) is 0 Å². The number of allylic oxidation sites excluding steroid dienone is 3. The van der Waals surface area contributed by atoms with Gasteiger partial charge in [-0.1, -0.05) is 0 Å². The average molecular weight is 213 g/mol. The van der Waals surface area contributed by atoms with Gasteiger partial charge < -0.3 is 5.73 Å². The highest BCUT2D eigenvalue weighted by Gasteiger charge is 2.16. The third-order valence-corrected chi connectivity index (χ3v) is 1.79. The van der Waals surface area contributed by atoms with E-state index in [-0.39, 0.29) is 5.60 Å². The van der Waals surface area contributed by atoms with Crippen molar-refractivity contribution in [2.24, 2.45) is 5.73 Å². The summed E-state index contributed by atoms with van der Waals surface area (Å²) in [7, 11) is 3.80. The number of hydrazine groups is 1. The molecule has 0 unspecified atom stereocenters. The summed E-state index contributed by atoms with van der Waals surface area (Å²) >= 11 is 0. The second kappa shape index (κ2) is 5.78. The summed E-state index contributed by atoms with van der Waals surface area (Å²) < 4.78 is 0. The number of nitrogens with zero attached hydrogens (tertiary/aromatic N) is 2. The molecule has 0 heterocycles. The smallest absolute Gasteiger partial charge is 0.0837 e. The van der Waals surface area contributed by atoms with E-state index in [2.05, 4.69) is 0 Å². The van der Waals surface area contributed by atoms with E-state index < -0.39 is 0 Å². The predicted molar refractivity (Wildman–Crippen MR) is 63.4 cm³/mol. The summed E-state index contributed by atoms with van der Waals surface area (Å²) in [6.07, 6.45) is 5.21. The molecule has 4 nitrogen and oxygen atoms in total. The van der Waals surface area contributed by atoms with Crippen LogP contribution in [0, 0.1) is 0 Å². The molecule has 0 bridgehead atoms. The Morgan fingerprint density at radius 2 is 1.80 bits per heavy atom. The molecule has 0 spiro atoms. The van der Waals surface area contributed by atoms with Gasteiger partial charge in [-0.2, -0.15) is 0 Å². The highest BCUT2D eigenvalue weighted by molar-refractivity contribution is 5.07. The van der Waals surface area contributed by atoms with Crippen molar-refractivity contribution in [2.75, 3.05) is 14.1 Å². The molecule has 0 aromatic carbocycles. The minimum absolute atomic E-state index is 0.201. The molecule has 15 heavy (non-hydrogen) atoms. The molecule has 0 radical (unpaired) electrons. The predicted octanol–water partition coefficient (Wildman–Crippen LogP) is 1.87. The second-order valence-electron chi connectivity index (χ2n) is 4.38. The molecule has 0 saturated heterocycles. The van der Waals surface area contributed by atoms with Crippen LogP contribution < -0.4 is 5.73 Å². The minimum Gasteiger partial charge on any atom is -0.405 e. The first-order valence-electron chi connectivity index (χ1n) is 4.99. The van der Waals surface area contributed by atoms with Gasteiger partial charge >= 0.3 is 0 Å². The number of rotatable bonds is 4. The van der Waals surface area contributed by atoms with Crippen molar-refractivity contribution in [1.29, 1.82) is 0 Å². The van der Waals surface area contributed by atoms with Crippen molar-refractivity contribution in [3.8, 4) is 0 Å². The van der Waals surface area contributed by atoms with Crippen LogP contribution in [0.5, 0.6) is 0 Å². The zero-order valence-corrected chi connectivity index (χ0v) is 10.6. The molecule has 0 aromatic rings. The van der Waals surface area contributed by atoms with E-state index >= 15 is 0 Å². The van der Waals surface area contributed by atoms with Crippen LogP contribution >= 0.6 is 0 Å². The zero-order chi connectivity index (χ0) is 12.1. The van der Waals surface area contributed by atoms with Gasteiger partial charge in [0, 0.05) is 19.8 Å². The summed E-state index contributed by atoms with van der Waals surface area (Å²) in [6, 6.07) is 0. The third kappa shape index (κ3) is 6.14. The van der Waals surface area contributed by atoms with Gasteiger partial charge in [0.15, 0.2) is 0 Å². The lowest BCUT2D eigenvalue weighted by Gasteiger charge is -2.34. The van der Waals surface area contributed by atoms with E-state index in [9.17, 15) is 0 Å². The number of hydroxylamine groups is 1. The number of hydrogen-bond acceptors (Lipinski definition) is 4. The maximum atomic E-state index is 5.66. The standard InChI is InChI=1S/C11H23N3O/c1-10(8-7-9-12)13(5)14(6)15-11(2,3)4/h7-9H,12H2,1-6H3/b9-7-,10-8+. The Hall–Kier alpha value is -1.00. The second-order valence-corrected chi connectivity index (χ2v) is 4.38. The van der Waals surface area contributed by atoms with Gasteiger partial charge in [-0.05, 0) is 46.0 Å². The van der Waals surface area contributed by atoms with Crippen LogP contribution in [0.15, 0.2) is 24.0 Å². The molecule has 0 amide bonds. The molecule has 0 atom stereocenters. The van der Waals surface area contributed by atoms with Gasteiger partial charge in [0.2, 0.25) is 0 Å². The minimum atomic E-state index is -0.201. The third-order valence-electron chi connectivity index (χ3n) is 1.79. The van der Waals surface area contributed by atoms with Crippen LogP contribution in [-0.4, -0.2) is 29.9 Å². The normalized spacial score (nSPS) is 13.9. The summed E-state index contributed by atoms with van der Waals surface area (Å²) in [5, 5.41) is 3.61. The van der Waals surface area contributed by atoms with Gasteiger partial charge in [-0.3, -0.25) is 9.85 Å². The maximum Gasteiger partial charge on any atom is 0.0837 e. The SMILES string of the molecule is C/C(=C\C=C/N)N(C)N(C)OC(C)(C)C. The average Bonchev–Trinajstić information content (AvgIpc) is 2.10. The van der Waals surface area contributed by atoms with Gasteiger partial charge in [0.1, 0.15) is 0 Å². The molecule has 0 aliphatic rings. The monoisotopic (exact) mass is 213 g/mol. The molecule has 88 valence electrons. The van der Waals surface area contributed by atoms with Gasteiger partial charge in [0.05, 0.1) is 5.60 Å². The Labute approximate surface area is 92.9 Å².